The van der Waals surface area contributed by atoms with Crippen LogP contribution in [0.25, 0.3) is 11.2 Å². The molecule has 22 heavy (non-hydrogen) atoms. The molecule has 0 N–H and O–H groups in total. The van der Waals surface area contributed by atoms with Gasteiger partial charge in [-0.2, -0.15) is 0 Å². The summed E-state index contributed by atoms with van der Waals surface area (Å²) in [5.74, 6) is 0. The van der Waals surface area contributed by atoms with Crippen LogP contribution in [0, 0.1) is 0 Å². The number of aryl methyl sites for hydroxylation is 1. The number of hydrogen-bond donors (Lipinski definition) is 0. The maximum atomic E-state index is 12.7. The topological polar surface area (TPSA) is 61.8 Å². The summed E-state index contributed by atoms with van der Waals surface area (Å²) in [6.07, 6.45) is 4.25. The van der Waals surface area contributed by atoms with Gasteiger partial charge in [0.25, 0.3) is 5.56 Å². The second kappa shape index (κ2) is 6.48. The summed E-state index contributed by atoms with van der Waals surface area (Å²) in [6.45, 7) is 8.45. The lowest BCUT2D eigenvalue weighted by atomic mass is 10.3. The summed E-state index contributed by atoms with van der Waals surface area (Å²) < 4.78 is 4.95. The lowest BCUT2D eigenvalue weighted by Crippen LogP contribution is -2.39. The van der Waals surface area contributed by atoms with Gasteiger partial charge in [-0.15, -0.1) is 6.58 Å². The van der Waals surface area contributed by atoms with E-state index >= 15 is 0 Å². The van der Waals surface area contributed by atoms with E-state index in [-0.39, 0.29) is 11.2 Å². The predicted molar refractivity (Wildman–Crippen MR) is 91.2 cm³/mol. The van der Waals surface area contributed by atoms with Crippen molar-refractivity contribution in [3.8, 4) is 0 Å². The van der Waals surface area contributed by atoms with Gasteiger partial charge in [-0.25, -0.2) is 9.78 Å². The zero-order valence-electron chi connectivity index (χ0n) is 13.0. The van der Waals surface area contributed by atoms with E-state index in [9.17, 15) is 9.59 Å². The van der Waals surface area contributed by atoms with E-state index in [1.165, 1.54) is 9.13 Å². The van der Waals surface area contributed by atoms with E-state index in [0.717, 1.165) is 5.57 Å². The molecule has 2 aromatic rings. The third-order valence-electron chi connectivity index (χ3n) is 3.42. The molecular formula is C15H19BrN4O2. The second-order valence-corrected chi connectivity index (χ2v) is 6.03. The zero-order chi connectivity index (χ0) is 16.4. The number of halogens is 1. The van der Waals surface area contributed by atoms with Crippen LogP contribution in [0.2, 0.25) is 0 Å². The van der Waals surface area contributed by atoms with Crippen LogP contribution < -0.4 is 11.2 Å². The number of imidazole rings is 1. The van der Waals surface area contributed by atoms with Crippen LogP contribution in [-0.2, 0) is 20.1 Å². The Hall–Kier alpha value is -1.89. The molecule has 0 fully saturated rings. The average molecular weight is 367 g/mol. The fourth-order valence-electron chi connectivity index (χ4n) is 2.20. The molecular weight excluding hydrogens is 348 g/mol. The number of rotatable bonds is 5. The SMILES string of the molecule is C=CCCn1c(=O)c2c(nc(Br)n2CC=C(C)C)n(C)c1=O. The highest BCUT2D eigenvalue weighted by molar-refractivity contribution is 9.10. The van der Waals surface area contributed by atoms with Crippen molar-refractivity contribution in [2.75, 3.05) is 0 Å². The minimum Gasteiger partial charge on any atom is -0.309 e. The van der Waals surface area contributed by atoms with Crippen LogP contribution in [0.15, 0.2) is 38.6 Å². The normalized spacial score (nSPS) is 10.9. The largest absolute Gasteiger partial charge is 0.332 e. The van der Waals surface area contributed by atoms with Crippen LogP contribution >= 0.6 is 15.9 Å². The van der Waals surface area contributed by atoms with Crippen molar-refractivity contribution in [2.45, 2.75) is 33.4 Å². The standard InChI is InChI=1S/C15H19BrN4O2/c1-5-6-8-20-13(21)11-12(18(4)15(20)22)17-14(16)19(11)9-7-10(2)3/h5,7H,1,6,8-9H2,2-4H3. The Bertz CT molecular complexity index is 866. The molecule has 0 aromatic carbocycles. The van der Waals surface area contributed by atoms with Crippen LogP contribution in [-0.4, -0.2) is 18.7 Å². The smallest absolute Gasteiger partial charge is 0.309 e. The van der Waals surface area contributed by atoms with Crippen LogP contribution in [0.5, 0.6) is 0 Å². The first-order valence-electron chi connectivity index (χ1n) is 6.98. The van der Waals surface area contributed by atoms with E-state index < -0.39 is 0 Å². The fraction of sp³-hybridized carbons (Fsp3) is 0.400. The van der Waals surface area contributed by atoms with Gasteiger partial charge in [0.15, 0.2) is 15.9 Å². The number of hydrogen-bond acceptors (Lipinski definition) is 3. The molecule has 0 aliphatic carbocycles. The van der Waals surface area contributed by atoms with E-state index in [1.54, 1.807) is 17.7 Å². The van der Waals surface area contributed by atoms with E-state index in [1.807, 2.05) is 19.9 Å². The Morgan fingerprint density at radius 1 is 1.32 bits per heavy atom. The van der Waals surface area contributed by atoms with Gasteiger partial charge in [0.05, 0.1) is 0 Å². The highest BCUT2D eigenvalue weighted by Crippen LogP contribution is 2.16. The van der Waals surface area contributed by atoms with Gasteiger partial charge in [-0.3, -0.25) is 13.9 Å². The molecule has 0 bridgehead atoms. The Kier molecular flexibility index (Phi) is 4.85. The molecule has 0 saturated carbocycles. The van der Waals surface area contributed by atoms with Gasteiger partial charge >= 0.3 is 5.69 Å². The van der Waals surface area contributed by atoms with Crippen molar-refractivity contribution in [1.82, 2.24) is 18.7 Å². The summed E-state index contributed by atoms with van der Waals surface area (Å²) in [4.78, 5) is 29.3. The number of fused-ring (bicyclic) bond motifs is 1. The number of allylic oxidation sites excluding steroid dienone is 3. The number of nitrogens with zero attached hydrogens (tertiary/aromatic N) is 4. The first-order chi connectivity index (χ1) is 10.4. The third-order valence-corrected chi connectivity index (χ3v) is 4.03. The molecule has 2 aromatic heterocycles. The van der Waals surface area contributed by atoms with Gasteiger partial charge in [-0.05, 0) is 36.2 Å². The van der Waals surface area contributed by atoms with Crippen molar-refractivity contribution in [3.63, 3.8) is 0 Å². The fourth-order valence-corrected chi connectivity index (χ4v) is 2.69. The van der Waals surface area contributed by atoms with Crippen molar-refractivity contribution >= 4 is 27.1 Å². The minimum atomic E-state index is -0.362. The third kappa shape index (κ3) is 2.85. The average Bonchev–Trinajstić information content (AvgIpc) is 2.80. The summed E-state index contributed by atoms with van der Waals surface area (Å²) in [5, 5.41) is 0. The highest BCUT2D eigenvalue weighted by atomic mass is 79.9. The summed E-state index contributed by atoms with van der Waals surface area (Å²) >= 11 is 3.37. The van der Waals surface area contributed by atoms with Gasteiger partial charge in [-0.1, -0.05) is 17.7 Å². The molecule has 0 atom stereocenters. The maximum Gasteiger partial charge on any atom is 0.332 e. The zero-order valence-corrected chi connectivity index (χ0v) is 14.6. The summed E-state index contributed by atoms with van der Waals surface area (Å²) in [6, 6.07) is 0. The van der Waals surface area contributed by atoms with E-state index in [2.05, 4.69) is 27.5 Å². The Balaban J connectivity index is 2.78. The molecule has 2 rings (SSSR count). The van der Waals surface area contributed by atoms with Crippen LogP contribution in [0.3, 0.4) is 0 Å². The molecule has 118 valence electrons. The lowest BCUT2D eigenvalue weighted by Gasteiger charge is -2.08. The van der Waals surface area contributed by atoms with Gasteiger partial charge in [0, 0.05) is 20.1 Å². The van der Waals surface area contributed by atoms with Crippen molar-refractivity contribution in [3.05, 3.63) is 49.9 Å². The first-order valence-corrected chi connectivity index (χ1v) is 7.77. The Morgan fingerprint density at radius 3 is 2.59 bits per heavy atom. The summed E-state index contributed by atoms with van der Waals surface area (Å²) in [5.41, 5.74) is 1.28. The molecule has 0 aliphatic rings. The highest BCUT2D eigenvalue weighted by Gasteiger charge is 2.18. The lowest BCUT2D eigenvalue weighted by molar-refractivity contribution is 0.607. The Morgan fingerprint density at radius 2 is 2.00 bits per heavy atom. The van der Waals surface area contributed by atoms with Crippen molar-refractivity contribution in [2.24, 2.45) is 7.05 Å². The van der Waals surface area contributed by atoms with Crippen molar-refractivity contribution in [1.29, 1.82) is 0 Å². The summed E-state index contributed by atoms with van der Waals surface area (Å²) in [7, 11) is 1.62. The van der Waals surface area contributed by atoms with Gasteiger partial charge in [0.1, 0.15) is 0 Å². The van der Waals surface area contributed by atoms with E-state index in [4.69, 9.17) is 0 Å². The quantitative estimate of drug-likeness (QED) is 0.601. The van der Waals surface area contributed by atoms with Crippen molar-refractivity contribution < 1.29 is 0 Å². The van der Waals surface area contributed by atoms with Crippen LogP contribution in [0.1, 0.15) is 20.3 Å². The van der Waals surface area contributed by atoms with Gasteiger partial charge in [0.2, 0.25) is 0 Å². The monoisotopic (exact) mass is 366 g/mol. The molecule has 0 unspecified atom stereocenters. The molecule has 7 heteroatoms. The molecule has 0 saturated heterocycles. The first kappa shape index (κ1) is 16.5. The molecule has 6 nitrogen and oxygen atoms in total. The van der Waals surface area contributed by atoms with Gasteiger partial charge < -0.3 is 4.57 Å². The molecule has 0 radical (unpaired) electrons. The minimum absolute atomic E-state index is 0.316. The van der Waals surface area contributed by atoms with E-state index in [0.29, 0.717) is 35.4 Å². The van der Waals surface area contributed by atoms with Crippen LogP contribution in [0.4, 0.5) is 0 Å². The molecule has 0 amide bonds. The Labute approximate surface area is 136 Å². The maximum absolute atomic E-state index is 12.7. The predicted octanol–water partition coefficient (Wildman–Crippen LogP) is 2.20. The second-order valence-electron chi connectivity index (χ2n) is 5.32. The number of aromatic nitrogens is 4. The molecule has 0 aliphatic heterocycles. The molecule has 0 spiro atoms. The molecule has 2 heterocycles.